The SMILES string of the molecule is CCNC(=NCc1ccccc1NS(C)(=O)=O)N1CCC(=Cc2ccccc2)CC1.I. The molecule has 0 amide bonds. The maximum atomic E-state index is 11.6. The van der Waals surface area contributed by atoms with E-state index < -0.39 is 10.0 Å². The summed E-state index contributed by atoms with van der Waals surface area (Å²) < 4.78 is 25.8. The Morgan fingerprint density at radius 3 is 2.35 bits per heavy atom. The zero-order chi connectivity index (χ0) is 21.4. The third kappa shape index (κ3) is 8.17. The van der Waals surface area contributed by atoms with E-state index in [1.165, 1.54) is 11.1 Å². The highest BCUT2D eigenvalue weighted by atomic mass is 127. The Morgan fingerprint density at radius 1 is 1.06 bits per heavy atom. The second-order valence-corrected chi connectivity index (χ2v) is 9.15. The van der Waals surface area contributed by atoms with E-state index in [1.807, 2.05) is 24.3 Å². The average molecular weight is 554 g/mol. The maximum Gasteiger partial charge on any atom is 0.229 e. The first-order chi connectivity index (χ1) is 14.4. The molecular formula is C23H31IN4O2S. The van der Waals surface area contributed by atoms with E-state index in [0.29, 0.717) is 12.2 Å². The average Bonchev–Trinajstić information content (AvgIpc) is 2.72. The van der Waals surface area contributed by atoms with Crippen molar-refractivity contribution in [2.75, 3.05) is 30.6 Å². The minimum absolute atomic E-state index is 0. The highest BCUT2D eigenvalue weighted by molar-refractivity contribution is 14.0. The van der Waals surface area contributed by atoms with Crippen LogP contribution in [0.15, 0.2) is 65.2 Å². The molecule has 31 heavy (non-hydrogen) atoms. The van der Waals surface area contributed by atoms with Crippen molar-refractivity contribution in [3.8, 4) is 0 Å². The van der Waals surface area contributed by atoms with Gasteiger partial charge >= 0.3 is 0 Å². The molecule has 1 saturated heterocycles. The van der Waals surface area contributed by atoms with Crippen molar-refractivity contribution in [3.63, 3.8) is 0 Å². The van der Waals surface area contributed by atoms with Crippen LogP contribution in [0.5, 0.6) is 0 Å². The van der Waals surface area contributed by atoms with Crippen LogP contribution in [0.2, 0.25) is 0 Å². The van der Waals surface area contributed by atoms with Gasteiger partial charge in [0.1, 0.15) is 0 Å². The lowest BCUT2D eigenvalue weighted by Crippen LogP contribution is -2.44. The molecular weight excluding hydrogens is 523 g/mol. The van der Waals surface area contributed by atoms with Gasteiger partial charge in [-0.25, -0.2) is 13.4 Å². The molecule has 0 unspecified atom stereocenters. The van der Waals surface area contributed by atoms with Gasteiger partial charge in [0.15, 0.2) is 5.96 Å². The van der Waals surface area contributed by atoms with Crippen molar-refractivity contribution in [2.24, 2.45) is 4.99 Å². The van der Waals surface area contributed by atoms with Gasteiger partial charge < -0.3 is 10.2 Å². The van der Waals surface area contributed by atoms with Crippen LogP contribution in [0.1, 0.15) is 30.9 Å². The van der Waals surface area contributed by atoms with Gasteiger partial charge in [-0.05, 0) is 37.0 Å². The van der Waals surface area contributed by atoms with Gasteiger partial charge in [0.05, 0.1) is 18.5 Å². The number of piperidine rings is 1. The Balaban J connectivity index is 0.00000341. The third-order valence-electron chi connectivity index (χ3n) is 4.92. The number of anilines is 1. The monoisotopic (exact) mass is 554 g/mol. The van der Waals surface area contributed by atoms with Crippen LogP contribution in [-0.2, 0) is 16.6 Å². The van der Waals surface area contributed by atoms with Crippen LogP contribution >= 0.6 is 24.0 Å². The Morgan fingerprint density at radius 2 is 1.71 bits per heavy atom. The second-order valence-electron chi connectivity index (χ2n) is 7.40. The first-order valence-corrected chi connectivity index (χ1v) is 12.2. The summed E-state index contributed by atoms with van der Waals surface area (Å²) in [6, 6.07) is 17.8. The Hall–Kier alpha value is -2.07. The molecule has 2 aromatic carbocycles. The van der Waals surface area contributed by atoms with E-state index in [1.54, 1.807) is 6.07 Å². The Kier molecular flexibility index (Phi) is 9.83. The molecule has 1 aliphatic heterocycles. The van der Waals surface area contributed by atoms with Crippen LogP contribution in [-0.4, -0.2) is 45.2 Å². The molecule has 1 fully saturated rings. The van der Waals surface area contributed by atoms with Crippen molar-refractivity contribution in [1.82, 2.24) is 10.2 Å². The molecule has 0 bridgehead atoms. The Labute approximate surface area is 202 Å². The molecule has 0 aromatic heterocycles. The lowest BCUT2D eigenvalue weighted by molar-refractivity contribution is 0.375. The minimum atomic E-state index is -3.33. The highest BCUT2D eigenvalue weighted by Gasteiger charge is 2.17. The fourth-order valence-electron chi connectivity index (χ4n) is 3.48. The van der Waals surface area contributed by atoms with Crippen molar-refractivity contribution in [3.05, 3.63) is 71.3 Å². The van der Waals surface area contributed by atoms with E-state index in [9.17, 15) is 8.42 Å². The van der Waals surface area contributed by atoms with Crippen LogP contribution < -0.4 is 10.0 Å². The summed E-state index contributed by atoms with van der Waals surface area (Å²) in [6.45, 7) is 5.07. The number of likely N-dealkylation sites (tertiary alicyclic amines) is 1. The zero-order valence-corrected chi connectivity index (χ0v) is 21.2. The number of nitrogens with one attached hydrogen (secondary N) is 2. The third-order valence-corrected chi connectivity index (χ3v) is 5.51. The van der Waals surface area contributed by atoms with Crippen LogP contribution in [0.4, 0.5) is 5.69 Å². The van der Waals surface area contributed by atoms with Gasteiger partial charge in [-0.2, -0.15) is 0 Å². The fourth-order valence-corrected chi connectivity index (χ4v) is 4.08. The molecule has 168 valence electrons. The smallest absolute Gasteiger partial charge is 0.229 e. The van der Waals surface area contributed by atoms with Gasteiger partial charge in [0.2, 0.25) is 10.0 Å². The molecule has 1 aliphatic rings. The number of rotatable bonds is 6. The van der Waals surface area contributed by atoms with Gasteiger partial charge in [-0.15, -0.1) is 24.0 Å². The van der Waals surface area contributed by atoms with Crippen LogP contribution in [0.25, 0.3) is 6.08 Å². The number of benzene rings is 2. The lowest BCUT2D eigenvalue weighted by Gasteiger charge is -2.31. The molecule has 6 nitrogen and oxygen atoms in total. The number of hydrogen-bond acceptors (Lipinski definition) is 3. The largest absolute Gasteiger partial charge is 0.357 e. The van der Waals surface area contributed by atoms with Crippen molar-refractivity contribution in [2.45, 2.75) is 26.3 Å². The number of guanidine groups is 1. The number of aliphatic imine (C=N–C) groups is 1. The summed E-state index contributed by atoms with van der Waals surface area (Å²) >= 11 is 0. The highest BCUT2D eigenvalue weighted by Crippen LogP contribution is 2.21. The summed E-state index contributed by atoms with van der Waals surface area (Å²) in [4.78, 5) is 7.06. The van der Waals surface area contributed by atoms with Crippen molar-refractivity contribution >= 4 is 51.7 Å². The predicted octanol–water partition coefficient (Wildman–Crippen LogP) is 4.32. The molecule has 2 N–H and O–H groups in total. The summed E-state index contributed by atoms with van der Waals surface area (Å²) in [5.74, 6) is 0.866. The number of hydrogen-bond donors (Lipinski definition) is 2. The molecule has 3 rings (SSSR count). The van der Waals surface area contributed by atoms with Crippen LogP contribution in [0, 0.1) is 0 Å². The summed E-state index contributed by atoms with van der Waals surface area (Å²) in [7, 11) is -3.33. The summed E-state index contributed by atoms with van der Waals surface area (Å²) in [6.07, 6.45) is 5.46. The summed E-state index contributed by atoms with van der Waals surface area (Å²) in [5.41, 5.74) is 4.12. The van der Waals surface area contributed by atoms with E-state index in [0.717, 1.165) is 50.3 Å². The van der Waals surface area contributed by atoms with Crippen molar-refractivity contribution < 1.29 is 8.42 Å². The van der Waals surface area contributed by atoms with E-state index in [4.69, 9.17) is 4.99 Å². The van der Waals surface area contributed by atoms with Crippen LogP contribution in [0.3, 0.4) is 0 Å². The molecule has 0 spiro atoms. The maximum absolute atomic E-state index is 11.6. The second kappa shape index (κ2) is 12.1. The lowest BCUT2D eigenvalue weighted by atomic mass is 10.0. The van der Waals surface area contributed by atoms with Crippen molar-refractivity contribution in [1.29, 1.82) is 0 Å². The van der Waals surface area contributed by atoms with E-state index >= 15 is 0 Å². The normalized spacial score (nSPS) is 14.6. The minimum Gasteiger partial charge on any atom is -0.357 e. The zero-order valence-electron chi connectivity index (χ0n) is 18.0. The number of para-hydroxylation sites is 1. The summed E-state index contributed by atoms with van der Waals surface area (Å²) in [5, 5.41) is 3.37. The molecule has 0 radical (unpaired) electrons. The number of sulfonamides is 1. The van der Waals surface area contributed by atoms with Gasteiger partial charge in [-0.1, -0.05) is 60.2 Å². The van der Waals surface area contributed by atoms with Gasteiger partial charge in [0.25, 0.3) is 0 Å². The fraction of sp³-hybridized carbons (Fsp3) is 0.348. The number of nitrogens with zero attached hydrogens (tertiary/aromatic N) is 2. The predicted molar refractivity (Wildman–Crippen MR) is 140 cm³/mol. The molecule has 8 heteroatoms. The van der Waals surface area contributed by atoms with Gasteiger partial charge in [-0.3, -0.25) is 4.72 Å². The first-order valence-electron chi connectivity index (χ1n) is 10.3. The Bertz CT molecular complexity index is 997. The molecule has 1 heterocycles. The van der Waals surface area contributed by atoms with E-state index in [-0.39, 0.29) is 24.0 Å². The quantitative estimate of drug-likeness (QED) is 0.317. The van der Waals surface area contributed by atoms with E-state index in [2.05, 4.69) is 52.2 Å². The standard InChI is InChI=1S/C23H30N4O2S.HI/c1-3-24-23(25-18-21-11-7-8-12-22(21)26-30(2,28)29)27-15-13-20(14-16-27)17-19-9-5-4-6-10-19;/h4-12,17,26H,3,13-16,18H2,1-2H3,(H,24,25);1H. The molecule has 2 aromatic rings. The first kappa shape index (κ1) is 25.2. The molecule has 0 saturated carbocycles. The molecule has 0 aliphatic carbocycles. The van der Waals surface area contributed by atoms with Gasteiger partial charge in [0, 0.05) is 19.6 Å². The topological polar surface area (TPSA) is 73.8 Å². The molecule has 0 atom stereocenters. The number of halogens is 1.